The molecule has 1 amide bonds. The lowest BCUT2D eigenvalue weighted by Gasteiger charge is -2.19. The van der Waals surface area contributed by atoms with Gasteiger partial charge in [0.05, 0.1) is 36.9 Å². The second kappa shape index (κ2) is 10.0. The largest absolute Gasteiger partial charge is 0.480 e. The Morgan fingerprint density at radius 2 is 1.94 bits per heavy atom. The van der Waals surface area contributed by atoms with E-state index in [2.05, 4.69) is 15.3 Å². The first kappa shape index (κ1) is 22.9. The Hall–Kier alpha value is -2.75. The minimum atomic E-state index is -0.657. The number of methoxy groups -OCH3 is 3. The van der Waals surface area contributed by atoms with Crippen LogP contribution in [0.25, 0.3) is 10.2 Å². The average molecular weight is 464 g/mol. The predicted octanol–water partition coefficient (Wildman–Crippen LogP) is 3.84. The molecule has 0 bridgehead atoms. The summed E-state index contributed by atoms with van der Waals surface area (Å²) < 4.78 is 15.3. The zero-order valence-corrected chi connectivity index (χ0v) is 19.1. The van der Waals surface area contributed by atoms with Gasteiger partial charge in [0.15, 0.2) is 5.82 Å². The van der Waals surface area contributed by atoms with Crippen LogP contribution in [-0.2, 0) is 20.9 Å². The highest BCUT2D eigenvalue weighted by atomic mass is 35.5. The fourth-order valence-corrected chi connectivity index (χ4v) is 4.53. The number of thiophene rings is 1. The number of hydrogen-bond donors (Lipinski definition) is 1. The lowest BCUT2D eigenvalue weighted by molar-refractivity contribution is -0.141. The Bertz CT molecular complexity index is 1120. The molecule has 2 heterocycles. The lowest BCUT2D eigenvalue weighted by Crippen LogP contribution is -2.30. The number of halogens is 1. The minimum absolute atomic E-state index is 0.0585. The summed E-state index contributed by atoms with van der Waals surface area (Å²) in [5.74, 6) is 0.0152. The van der Waals surface area contributed by atoms with E-state index in [1.54, 1.807) is 38.3 Å². The number of esters is 1. The Kier molecular flexibility index (Phi) is 7.42. The fourth-order valence-electron chi connectivity index (χ4n) is 3.17. The van der Waals surface area contributed by atoms with Gasteiger partial charge in [-0.05, 0) is 24.1 Å². The molecule has 0 saturated heterocycles. The van der Waals surface area contributed by atoms with Gasteiger partial charge in [-0.15, -0.1) is 11.3 Å². The molecule has 164 valence electrons. The average Bonchev–Trinajstić information content (AvgIpc) is 3.09. The van der Waals surface area contributed by atoms with Crippen molar-refractivity contribution in [2.45, 2.75) is 26.0 Å². The maximum Gasteiger partial charge on any atom is 0.307 e. The Morgan fingerprint density at radius 1 is 1.19 bits per heavy atom. The fraction of sp³-hybridized carbons (Fsp3) is 0.333. The van der Waals surface area contributed by atoms with E-state index >= 15 is 0 Å². The molecule has 0 radical (unpaired) electrons. The molecule has 0 aliphatic rings. The molecule has 1 aromatic carbocycles. The zero-order chi connectivity index (χ0) is 22.5. The summed E-state index contributed by atoms with van der Waals surface area (Å²) in [6.07, 6.45) is -0.0585. The quantitative estimate of drug-likeness (QED) is 0.506. The normalized spacial score (nSPS) is 11.9. The third kappa shape index (κ3) is 4.95. The van der Waals surface area contributed by atoms with Crippen molar-refractivity contribution < 1.29 is 23.8 Å². The van der Waals surface area contributed by atoms with Crippen LogP contribution >= 0.6 is 22.9 Å². The summed E-state index contributed by atoms with van der Waals surface area (Å²) in [5.41, 5.74) is 1.32. The van der Waals surface area contributed by atoms with Crippen LogP contribution in [-0.4, -0.2) is 43.2 Å². The number of amides is 1. The van der Waals surface area contributed by atoms with E-state index in [-0.39, 0.29) is 18.9 Å². The molecular formula is C21H22ClN3O5S. The molecule has 3 aromatic rings. The topological polar surface area (TPSA) is 99.6 Å². The van der Waals surface area contributed by atoms with Crippen molar-refractivity contribution in [1.82, 2.24) is 15.3 Å². The Balaban J connectivity index is 1.99. The van der Waals surface area contributed by atoms with Gasteiger partial charge in [0.1, 0.15) is 11.4 Å². The van der Waals surface area contributed by atoms with Crippen molar-refractivity contribution in [3.05, 3.63) is 51.1 Å². The molecule has 0 aliphatic heterocycles. The summed E-state index contributed by atoms with van der Waals surface area (Å²) in [6, 6.07) is 6.38. The third-order valence-corrected chi connectivity index (χ3v) is 6.19. The second-order valence-corrected chi connectivity index (χ2v) is 8.05. The Labute approximate surface area is 188 Å². The molecule has 2 aromatic heterocycles. The number of aryl methyl sites for hydroxylation is 1. The van der Waals surface area contributed by atoms with Crippen LogP contribution in [0.2, 0.25) is 5.02 Å². The molecule has 0 saturated carbocycles. The molecule has 10 heteroatoms. The predicted molar refractivity (Wildman–Crippen MR) is 118 cm³/mol. The maximum absolute atomic E-state index is 13.2. The molecule has 0 spiro atoms. The minimum Gasteiger partial charge on any atom is -0.480 e. The van der Waals surface area contributed by atoms with Gasteiger partial charge in [-0.25, -0.2) is 4.98 Å². The highest BCUT2D eigenvalue weighted by molar-refractivity contribution is 7.20. The summed E-state index contributed by atoms with van der Waals surface area (Å²) in [4.78, 5) is 35.0. The van der Waals surface area contributed by atoms with Gasteiger partial charge in [-0.1, -0.05) is 29.8 Å². The highest BCUT2D eigenvalue weighted by Crippen LogP contribution is 2.35. The summed E-state index contributed by atoms with van der Waals surface area (Å²) >= 11 is 7.53. The number of fused-ring (bicyclic) bond motifs is 1. The van der Waals surface area contributed by atoms with Gasteiger partial charge >= 0.3 is 5.97 Å². The van der Waals surface area contributed by atoms with Gasteiger partial charge in [0, 0.05) is 12.1 Å². The molecule has 8 nitrogen and oxygen atoms in total. The summed E-state index contributed by atoms with van der Waals surface area (Å²) in [5, 5.41) is 4.02. The van der Waals surface area contributed by atoms with E-state index in [1.807, 2.05) is 0 Å². The molecule has 0 aliphatic carbocycles. The van der Waals surface area contributed by atoms with Crippen LogP contribution in [0.3, 0.4) is 0 Å². The number of hydrogen-bond acceptors (Lipinski definition) is 8. The van der Waals surface area contributed by atoms with Crippen molar-refractivity contribution in [2.75, 3.05) is 21.3 Å². The standard InChI is InChI=1S/C21H22ClN3O5S/c1-11-17-20(30-4)24-15(10-28-2)25-21(17)31-18(11)19(27)23-14(9-16(26)29-3)12-7-5-6-8-13(12)22/h5-8,14H,9-10H2,1-4H3,(H,23,27). The van der Waals surface area contributed by atoms with E-state index in [0.29, 0.717) is 42.9 Å². The third-order valence-electron chi connectivity index (χ3n) is 4.66. The van der Waals surface area contributed by atoms with Crippen molar-refractivity contribution in [2.24, 2.45) is 0 Å². The van der Waals surface area contributed by atoms with Gasteiger partial charge < -0.3 is 19.5 Å². The Morgan fingerprint density at radius 3 is 2.58 bits per heavy atom. The number of nitrogens with one attached hydrogen (secondary N) is 1. The lowest BCUT2D eigenvalue weighted by atomic mass is 10.0. The molecular weight excluding hydrogens is 442 g/mol. The molecule has 3 rings (SSSR count). The number of rotatable bonds is 8. The van der Waals surface area contributed by atoms with E-state index in [0.717, 1.165) is 0 Å². The van der Waals surface area contributed by atoms with E-state index < -0.39 is 12.0 Å². The number of nitrogens with zero attached hydrogens (tertiary/aromatic N) is 2. The molecule has 1 atom stereocenters. The molecule has 1 N–H and O–H groups in total. The van der Waals surface area contributed by atoms with Gasteiger partial charge in [-0.3, -0.25) is 9.59 Å². The van der Waals surface area contributed by atoms with E-state index in [9.17, 15) is 9.59 Å². The van der Waals surface area contributed by atoms with Gasteiger partial charge in [0.2, 0.25) is 5.88 Å². The van der Waals surface area contributed by atoms with E-state index in [1.165, 1.54) is 25.6 Å². The number of benzene rings is 1. The SMILES string of the molecule is COCc1nc(OC)c2c(C)c(C(=O)NC(CC(=O)OC)c3ccccc3Cl)sc2n1. The van der Waals surface area contributed by atoms with Gasteiger partial charge in [0.25, 0.3) is 5.91 Å². The highest BCUT2D eigenvalue weighted by Gasteiger charge is 2.26. The van der Waals surface area contributed by atoms with Crippen LogP contribution in [0.5, 0.6) is 5.88 Å². The summed E-state index contributed by atoms with van der Waals surface area (Å²) in [6.45, 7) is 2.03. The van der Waals surface area contributed by atoms with Crippen molar-refractivity contribution in [3.8, 4) is 5.88 Å². The van der Waals surface area contributed by atoms with Crippen molar-refractivity contribution in [3.63, 3.8) is 0 Å². The first-order chi connectivity index (χ1) is 14.9. The van der Waals surface area contributed by atoms with Crippen LogP contribution in [0.15, 0.2) is 24.3 Å². The molecule has 0 fully saturated rings. The maximum atomic E-state index is 13.2. The van der Waals surface area contributed by atoms with Crippen LogP contribution in [0.4, 0.5) is 0 Å². The van der Waals surface area contributed by atoms with Gasteiger partial charge in [-0.2, -0.15) is 4.98 Å². The molecule has 31 heavy (non-hydrogen) atoms. The van der Waals surface area contributed by atoms with Crippen LogP contribution in [0, 0.1) is 6.92 Å². The summed E-state index contributed by atoms with van der Waals surface area (Å²) in [7, 11) is 4.36. The van der Waals surface area contributed by atoms with Crippen molar-refractivity contribution in [1.29, 1.82) is 0 Å². The molecule has 1 unspecified atom stereocenters. The first-order valence-electron chi connectivity index (χ1n) is 9.34. The number of aromatic nitrogens is 2. The number of carbonyl (C=O) groups excluding carboxylic acids is 2. The van der Waals surface area contributed by atoms with Crippen LogP contribution in [0.1, 0.15) is 39.1 Å². The smallest absolute Gasteiger partial charge is 0.307 e. The van der Waals surface area contributed by atoms with Crippen LogP contribution < -0.4 is 10.1 Å². The second-order valence-electron chi connectivity index (χ2n) is 6.65. The number of carbonyl (C=O) groups is 2. The van der Waals surface area contributed by atoms with Crippen molar-refractivity contribution >= 4 is 45.0 Å². The first-order valence-corrected chi connectivity index (χ1v) is 10.5. The number of ether oxygens (including phenoxy) is 3. The van der Waals surface area contributed by atoms with E-state index in [4.69, 9.17) is 25.8 Å². The zero-order valence-electron chi connectivity index (χ0n) is 17.5. The monoisotopic (exact) mass is 463 g/mol.